The second-order valence-corrected chi connectivity index (χ2v) is 6.70. The number of thioether (sulfide) groups is 1. The highest BCUT2D eigenvalue weighted by Gasteiger charge is 2.30. The molecule has 1 N–H and O–H groups in total. The monoisotopic (exact) mass is 303 g/mol. The van der Waals surface area contributed by atoms with Gasteiger partial charge in [0.1, 0.15) is 0 Å². The summed E-state index contributed by atoms with van der Waals surface area (Å²) >= 11 is 1.87. The molecule has 0 unspecified atom stereocenters. The Hall–Kier alpha value is -0.680. The fourth-order valence-electron chi connectivity index (χ4n) is 2.79. The average Bonchev–Trinajstić information content (AvgIpc) is 2.45. The third-order valence-electron chi connectivity index (χ3n) is 4.02. The Bertz CT molecular complexity index is 435. The number of hydrogen-bond acceptors (Lipinski definition) is 2. The summed E-state index contributed by atoms with van der Waals surface area (Å²) in [6, 6.07) is 2.11. The average molecular weight is 303 g/mol. The molecule has 0 atom stereocenters. The van der Waals surface area contributed by atoms with E-state index in [1.807, 2.05) is 11.8 Å². The lowest BCUT2D eigenvalue weighted by atomic mass is 9.88. The quantitative estimate of drug-likeness (QED) is 0.816. The van der Waals surface area contributed by atoms with Crippen LogP contribution in [0.25, 0.3) is 0 Å². The van der Waals surface area contributed by atoms with Gasteiger partial charge in [0.05, 0.1) is 0 Å². The maximum absolute atomic E-state index is 13.1. The molecule has 20 heavy (non-hydrogen) atoms. The van der Waals surface area contributed by atoms with E-state index in [9.17, 15) is 13.2 Å². The molecular formula is C15H20F3NS. The number of benzene rings is 1. The molecule has 0 aromatic heterocycles. The summed E-state index contributed by atoms with van der Waals surface area (Å²) < 4.78 is 39.3. The van der Waals surface area contributed by atoms with Crippen molar-refractivity contribution in [3.63, 3.8) is 0 Å². The lowest BCUT2D eigenvalue weighted by Gasteiger charge is -2.36. The number of hydrogen-bond donors (Lipinski definition) is 1. The summed E-state index contributed by atoms with van der Waals surface area (Å²) in [5.41, 5.74) is 0.438. The first-order valence-electron chi connectivity index (χ1n) is 6.96. The van der Waals surface area contributed by atoms with Gasteiger partial charge in [-0.05, 0) is 36.8 Å². The first-order valence-corrected chi connectivity index (χ1v) is 8.18. The van der Waals surface area contributed by atoms with Crippen LogP contribution in [-0.4, -0.2) is 17.5 Å². The molecule has 0 aliphatic heterocycles. The summed E-state index contributed by atoms with van der Waals surface area (Å²) in [5.74, 6) is -3.65. The van der Waals surface area contributed by atoms with Gasteiger partial charge in [-0.15, -0.1) is 0 Å². The first kappa shape index (κ1) is 15.7. The van der Waals surface area contributed by atoms with Crippen LogP contribution >= 0.6 is 11.8 Å². The Morgan fingerprint density at radius 2 is 1.70 bits per heavy atom. The van der Waals surface area contributed by atoms with Gasteiger partial charge in [0.15, 0.2) is 17.5 Å². The minimum atomic E-state index is -1.40. The van der Waals surface area contributed by atoms with Crippen LogP contribution in [0.4, 0.5) is 13.2 Å². The smallest absolute Gasteiger partial charge is 0.194 e. The summed E-state index contributed by atoms with van der Waals surface area (Å²) in [4.78, 5) is 0. The molecule has 1 nitrogen and oxygen atoms in total. The molecule has 1 aliphatic rings. The van der Waals surface area contributed by atoms with Crippen LogP contribution in [0.3, 0.4) is 0 Å². The molecule has 5 heteroatoms. The molecule has 1 aromatic carbocycles. The van der Waals surface area contributed by atoms with Crippen molar-refractivity contribution in [3.8, 4) is 0 Å². The van der Waals surface area contributed by atoms with E-state index in [1.165, 1.54) is 32.1 Å². The molecule has 0 radical (unpaired) electrons. The number of halogens is 3. The molecule has 2 rings (SSSR count). The van der Waals surface area contributed by atoms with Gasteiger partial charge in [0.2, 0.25) is 0 Å². The fourth-order valence-corrected chi connectivity index (χ4v) is 3.74. The van der Waals surface area contributed by atoms with E-state index in [2.05, 4.69) is 11.6 Å². The lowest BCUT2D eigenvalue weighted by molar-refractivity contribution is 0.379. The zero-order valence-corrected chi connectivity index (χ0v) is 12.5. The highest BCUT2D eigenvalue weighted by molar-refractivity contribution is 8.00. The Labute approximate surface area is 122 Å². The Morgan fingerprint density at radius 1 is 1.10 bits per heavy atom. The van der Waals surface area contributed by atoms with Crippen molar-refractivity contribution in [1.82, 2.24) is 5.32 Å². The molecule has 0 heterocycles. The molecule has 1 saturated carbocycles. The third kappa shape index (κ3) is 3.70. The van der Waals surface area contributed by atoms with Gasteiger partial charge in [-0.3, -0.25) is 0 Å². The molecule has 1 aliphatic carbocycles. The second kappa shape index (κ2) is 6.85. The van der Waals surface area contributed by atoms with Crippen molar-refractivity contribution in [2.24, 2.45) is 0 Å². The largest absolute Gasteiger partial charge is 0.311 e. The van der Waals surface area contributed by atoms with Gasteiger partial charge in [-0.2, -0.15) is 11.8 Å². The van der Waals surface area contributed by atoms with Crippen LogP contribution < -0.4 is 5.32 Å². The van der Waals surface area contributed by atoms with Crippen molar-refractivity contribution in [3.05, 3.63) is 35.1 Å². The molecular weight excluding hydrogens is 283 g/mol. The SMILES string of the molecule is CSC1(CNCc2cc(F)c(F)c(F)c2)CCCCC1. The van der Waals surface area contributed by atoms with Crippen molar-refractivity contribution >= 4 is 11.8 Å². The highest BCUT2D eigenvalue weighted by atomic mass is 32.2. The van der Waals surface area contributed by atoms with Gasteiger partial charge < -0.3 is 5.32 Å². The highest BCUT2D eigenvalue weighted by Crippen LogP contribution is 2.37. The van der Waals surface area contributed by atoms with Crippen LogP contribution in [0.15, 0.2) is 12.1 Å². The Balaban J connectivity index is 1.92. The van der Waals surface area contributed by atoms with Crippen molar-refractivity contribution in [1.29, 1.82) is 0 Å². The predicted octanol–water partition coefficient (Wildman–Crippen LogP) is 4.26. The van der Waals surface area contributed by atoms with Crippen molar-refractivity contribution in [2.75, 3.05) is 12.8 Å². The minimum Gasteiger partial charge on any atom is -0.311 e. The van der Waals surface area contributed by atoms with E-state index in [4.69, 9.17) is 0 Å². The maximum Gasteiger partial charge on any atom is 0.194 e. The Kier molecular flexibility index (Phi) is 5.38. The molecule has 0 bridgehead atoms. The van der Waals surface area contributed by atoms with E-state index >= 15 is 0 Å². The zero-order chi connectivity index (χ0) is 14.6. The summed E-state index contributed by atoms with van der Waals surface area (Å²) in [6.07, 6.45) is 8.23. The standard InChI is InChI=1S/C15H20F3NS/c1-20-15(5-3-2-4-6-15)10-19-9-11-7-12(16)14(18)13(17)8-11/h7-8,19H,2-6,9-10H2,1H3. The van der Waals surface area contributed by atoms with Gasteiger partial charge in [0.25, 0.3) is 0 Å². The topological polar surface area (TPSA) is 12.0 Å². The molecule has 0 saturated heterocycles. The van der Waals surface area contributed by atoms with E-state index in [0.29, 0.717) is 12.1 Å². The van der Waals surface area contributed by atoms with Gasteiger partial charge in [0, 0.05) is 17.8 Å². The van der Waals surface area contributed by atoms with Gasteiger partial charge in [-0.1, -0.05) is 19.3 Å². The van der Waals surface area contributed by atoms with E-state index in [-0.39, 0.29) is 4.75 Å². The van der Waals surface area contributed by atoms with Gasteiger partial charge >= 0.3 is 0 Å². The molecule has 1 aromatic rings. The zero-order valence-electron chi connectivity index (χ0n) is 11.6. The van der Waals surface area contributed by atoms with E-state index in [0.717, 1.165) is 18.7 Å². The summed E-state index contributed by atoms with van der Waals surface area (Å²) in [5, 5.41) is 3.26. The first-order chi connectivity index (χ1) is 9.56. The van der Waals surface area contributed by atoms with Crippen molar-refractivity contribution in [2.45, 2.75) is 43.4 Å². The van der Waals surface area contributed by atoms with Gasteiger partial charge in [-0.25, -0.2) is 13.2 Å². The normalized spacial score (nSPS) is 18.2. The van der Waals surface area contributed by atoms with Crippen LogP contribution in [-0.2, 0) is 6.54 Å². The lowest BCUT2D eigenvalue weighted by Crippen LogP contribution is -2.39. The predicted molar refractivity (Wildman–Crippen MR) is 77.4 cm³/mol. The maximum atomic E-state index is 13.1. The summed E-state index contributed by atoms with van der Waals surface area (Å²) in [6.45, 7) is 1.17. The van der Waals surface area contributed by atoms with Crippen molar-refractivity contribution < 1.29 is 13.2 Å². The number of nitrogens with one attached hydrogen (secondary N) is 1. The van der Waals surface area contributed by atoms with Crippen LogP contribution in [0, 0.1) is 17.5 Å². The molecule has 1 fully saturated rings. The third-order valence-corrected chi connectivity index (χ3v) is 5.44. The minimum absolute atomic E-state index is 0.232. The second-order valence-electron chi connectivity index (χ2n) is 5.42. The van der Waals surface area contributed by atoms with Crippen LogP contribution in [0.1, 0.15) is 37.7 Å². The molecule has 0 amide bonds. The Morgan fingerprint density at radius 3 is 2.25 bits per heavy atom. The summed E-state index contributed by atoms with van der Waals surface area (Å²) in [7, 11) is 0. The van der Waals surface area contributed by atoms with Crippen LogP contribution in [0.5, 0.6) is 0 Å². The fraction of sp³-hybridized carbons (Fsp3) is 0.600. The van der Waals surface area contributed by atoms with Crippen LogP contribution in [0.2, 0.25) is 0 Å². The number of rotatable bonds is 5. The molecule has 112 valence electrons. The van der Waals surface area contributed by atoms with E-state index in [1.54, 1.807) is 0 Å². The molecule has 0 spiro atoms. The van der Waals surface area contributed by atoms with E-state index < -0.39 is 17.5 Å².